The Hall–Kier alpha value is -5.29. The van der Waals surface area contributed by atoms with Crippen LogP contribution >= 0.6 is 11.8 Å². The molecule has 0 aliphatic heterocycles. The number of rotatable bonds is 11. The summed E-state index contributed by atoms with van der Waals surface area (Å²) in [6.07, 6.45) is 5.21. The van der Waals surface area contributed by atoms with Gasteiger partial charge in [-0.3, -0.25) is 29.5 Å². The largest absolute Gasteiger partial charge is 0.325 e. The van der Waals surface area contributed by atoms with Crippen LogP contribution in [-0.2, 0) is 9.59 Å². The zero-order chi connectivity index (χ0) is 30.8. The monoisotopic (exact) mass is 595 g/mol. The number of nitro groups is 1. The normalized spacial score (nSPS) is 11.7. The number of pyridine rings is 1. The first-order valence-electron chi connectivity index (χ1n) is 13.4. The van der Waals surface area contributed by atoms with Crippen LogP contribution in [0.25, 0.3) is 6.08 Å². The molecule has 1 aromatic heterocycles. The van der Waals surface area contributed by atoms with Crippen molar-refractivity contribution >= 4 is 52.6 Å². The van der Waals surface area contributed by atoms with E-state index in [4.69, 9.17) is 0 Å². The van der Waals surface area contributed by atoms with Gasteiger partial charge in [-0.05, 0) is 66.9 Å². The number of thioether (sulfide) groups is 1. The van der Waals surface area contributed by atoms with Crippen molar-refractivity contribution in [1.29, 1.82) is 0 Å². The third-order valence-electron chi connectivity index (χ3n) is 6.25. The van der Waals surface area contributed by atoms with Gasteiger partial charge in [0.1, 0.15) is 5.70 Å². The van der Waals surface area contributed by atoms with E-state index >= 15 is 0 Å². The van der Waals surface area contributed by atoms with E-state index in [1.54, 1.807) is 86.0 Å². The van der Waals surface area contributed by atoms with Crippen LogP contribution in [-0.4, -0.2) is 32.9 Å². The third-order valence-corrected chi connectivity index (χ3v) is 7.61. The molecular formula is C32H29N5O5S. The predicted octanol–water partition coefficient (Wildman–Crippen LogP) is 6.22. The third kappa shape index (κ3) is 8.60. The van der Waals surface area contributed by atoms with E-state index in [0.717, 1.165) is 4.90 Å². The summed E-state index contributed by atoms with van der Waals surface area (Å²) in [6, 6.07) is 23.4. The zero-order valence-corrected chi connectivity index (χ0v) is 24.3. The summed E-state index contributed by atoms with van der Waals surface area (Å²) >= 11 is 1.30. The lowest BCUT2D eigenvalue weighted by molar-refractivity contribution is -0.384. The minimum Gasteiger partial charge on any atom is -0.325 e. The Kier molecular flexibility index (Phi) is 10.4. The van der Waals surface area contributed by atoms with Gasteiger partial charge in [0.15, 0.2) is 0 Å². The fourth-order valence-corrected chi connectivity index (χ4v) is 4.99. The first-order chi connectivity index (χ1) is 20.7. The molecule has 0 aliphatic carbocycles. The lowest BCUT2D eigenvalue weighted by Gasteiger charge is -2.17. The molecule has 1 unspecified atom stereocenters. The summed E-state index contributed by atoms with van der Waals surface area (Å²) in [5, 5.41) is 19.0. The molecule has 10 nitrogen and oxygen atoms in total. The summed E-state index contributed by atoms with van der Waals surface area (Å²) in [6.45, 7) is 3.63. The molecule has 0 spiro atoms. The van der Waals surface area contributed by atoms with Gasteiger partial charge in [-0.15, -0.1) is 11.8 Å². The topological polar surface area (TPSA) is 143 Å². The van der Waals surface area contributed by atoms with Crippen molar-refractivity contribution in [3.8, 4) is 0 Å². The summed E-state index contributed by atoms with van der Waals surface area (Å²) in [4.78, 5) is 54.8. The minimum absolute atomic E-state index is 0.0260. The standard InChI is InChI=1S/C32H29N5O5S/c1-3-29(32(40)35-27-19-25(37(41)42)15-14-21(27)2)43-26-13-7-12-24(18-26)34-31(39)28(17-22-9-8-16-33-20-22)36-30(38)23-10-5-4-6-11-23/h4-20,29H,3H2,1-2H3,(H,34,39)(H,35,40)(H,36,38)/b28-17-. The molecule has 0 bridgehead atoms. The quantitative estimate of drug-likeness (QED) is 0.0809. The highest BCUT2D eigenvalue weighted by Gasteiger charge is 2.21. The average Bonchev–Trinajstić information content (AvgIpc) is 3.01. The highest BCUT2D eigenvalue weighted by Crippen LogP contribution is 2.30. The minimum atomic E-state index is -0.541. The van der Waals surface area contributed by atoms with E-state index in [-0.39, 0.29) is 17.3 Å². The van der Waals surface area contributed by atoms with Crippen LogP contribution in [0.2, 0.25) is 0 Å². The van der Waals surface area contributed by atoms with Crippen molar-refractivity contribution in [2.45, 2.75) is 30.4 Å². The molecule has 1 heterocycles. The fourth-order valence-electron chi connectivity index (χ4n) is 3.97. The fraction of sp³-hybridized carbons (Fsp3) is 0.125. The van der Waals surface area contributed by atoms with Crippen molar-refractivity contribution in [2.75, 3.05) is 10.6 Å². The van der Waals surface area contributed by atoms with E-state index in [2.05, 4.69) is 20.9 Å². The second kappa shape index (κ2) is 14.6. The number of amides is 3. The van der Waals surface area contributed by atoms with E-state index in [1.165, 1.54) is 30.0 Å². The number of anilines is 2. The molecule has 0 saturated carbocycles. The van der Waals surface area contributed by atoms with Gasteiger partial charge in [0.25, 0.3) is 17.5 Å². The van der Waals surface area contributed by atoms with Crippen molar-refractivity contribution in [3.05, 3.63) is 130 Å². The molecule has 4 aromatic rings. The van der Waals surface area contributed by atoms with Crippen molar-refractivity contribution in [1.82, 2.24) is 10.3 Å². The van der Waals surface area contributed by atoms with Crippen LogP contribution in [0.4, 0.5) is 17.1 Å². The van der Waals surface area contributed by atoms with Crippen LogP contribution in [0.15, 0.2) is 108 Å². The Bertz CT molecular complexity index is 1660. The molecule has 3 amide bonds. The Morgan fingerprint density at radius 1 is 0.977 bits per heavy atom. The molecule has 11 heteroatoms. The number of hydrogen-bond acceptors (Lipinski definition) is 7. The molecule has 0 fully saturated rings. The highest BCUT2D eigenvalue weighted by atomic mass is 32.2. The lowest BCUT2D eigenvalue weighted by atomic mass is 10.1. The van der Waals surface area contributed by atoms with E-state index in [0.29, 0.717) is 34.5 Å². The van der Waals surface area contributed by atoms with Crippen molar-refractivity contribution in [2.24, 2.45) is 0 Å². The maximum absolute atomic E-state index is 13.4. The molecule has 1 atom stereocenters. The summed E-state index contributed by atoms with van der Waals surface area (Å²) < 4.78 is 0. The second-order valence-electron chi connectivity index (χ2n) is 9.41. The van der Waals surface area contributed by atoms with Crippen LogP contribution in [0.1, 0.15) is 34.8 Å². The first-order valence-corrected chi connectivity index (χ1v) is 14.2. The van der Waals surface area contributed by atoms with E-state index in [1.807, 2.05) is 13.0 Å². The summed E-state index contributed by atoms with van der Waals surface area (Å²) in [5.41, 5.74) is 2.49. The Morgan fingerprint density at radius 2 is 1.77 bits per heavy atom. The summed E-state index contributed by atoms with van der Waals surface area (Å²) in [7, 11) is 0. The Balaban J connectivity index is 1.49. The number of nitrogens with zero attached hydrogens (tertiary/aromatic N) is 2. The van der Waals surface area contributed by atoms with Gasteiger partial charge in [0.2, 0.25) is 5.91 Å². The van der Waals surface area contributed by atoms with Crippen LogP contribution in [0, 0.1) is 17.0 Å². The maximum atomic E-state index is 13.4. The molecule has 43 heavy (non-hydrogen) atoms. The molecule has 4 rings (SSSR count). The maximum Gasteiger partial charge on any atom is 0.272 e. The second-order valence-corrected chi connectivity index (χ2v) is 10.7. The van der Waals surface area contributed by atoms with Gasteiger partial charge < -0.3 is 16.0 Å². The van der Waals surface area contributed by atoms with Crippen LogP contribution in [0.5, 0.6) is 0 Å². The molecular weight excluding hydrogens is 566 g/mol. The molecule has 218 valence electrons. The van der Waals surface area contributed by atoms with Gasteiger partial charge in [0, 0.05) is 40.7 Å². The SMILES string of the molecule is CCC(Sc1cccc(NC(=O)/C(=C/c2cccnc2)NC(=O)c2ccccc2)c1)C(=O)Nc1cc([N+](=O)[O-])ccc1C. The number of nitro benzene ring substituents is 1. The van der Waals surface area contributed by atoms with E-state index < -0.39 is 22.0 Å². The van der Waals surface area contributed by atoms with Crippen molar-refractivity contribution < 1.29 is 19.3 Å². The number of benzene rings is 3. The predicted molar refractivity (Wildman–Crippen MR) is 168 cm³/mol. The Morgan fingerprint density at radius 3 is 2.47 bits per heavy atom. The molecule has 3 aromatic carbocycles. The number of nitrogens with one attached hydrogen (secondary N) is 3. The Labute approximate surface area is 252 Å². The molecule has 0 radical (unpaired) electrons. The van der Waals surface area contributed by atoms with Crippen LogP contribution in [0.3, 0.4) is 0 Å². The van der Waals surface area contributed by atoms with Gasteiger partial charge in [0.05, 0.1) is 15.9 Å². The van der Waals surface area contributed by atoms with Crippen LogP contribution < -0.4 is 16.0 Å². The molecule has 3 N–H and O–H groups in total. The zero-order valence-electron chi connectivity index (χ0n) is 23.4. The van der Waals surface area contributed by atoms with Gasteiger partial charge in [-0.25, -0.2) is 0 Å². The average molecular weight is 596 g/mol. The van der Waals surface area contributed by atoms with E-state index in [9.17, 15) is 24.5 Å². The summed E-state index contributed by atoms with van der Waals surface area (Å²) in [5.74, 6) is -1.27. The number of aromatic nitrogens is 1. The molecule has 0 aliphatic rings. The number of hydrogen-bond donors (Lipinski definition) is 3. The number of carbonyl (C=O) groups excluding carboxylic acids is 3. The van der Waals surface area contributed by atoms with Gasteiger partial charge in [-0.2, -0.15) is 0 Å². The first kappa shape index (κ1) is 30.7. The number of aryl methyl sites for hydroxylation is 1. The lowest BCUT2D eigenvalue weighted by Crippen LogP contribution is -2.30. The van der Waals surface area contributed by atoms with Gasteiger partial charge >= 0.3 is 0 Å². The van der Waals surface area contributed by atoms with Gasteiger partial charge in [-0.1, -0.05) is 43.3 Å². The number of carbonyl (C=O) groups is 3. The number of non-ortho nitro benzene ring substituents is 1. The highest BCUT2D eigenvalue weighted by molar-refractivity contribution is 8.00. The smallest absolute Gasteiger partial charge is 0.272 e. The van der Waals surface area contributed by atoms with Crippen molar-refractivity contribution in [3.63, 3.8) is 0 Å². The molecule has 0 saturated heterocycles.